The zero-order chi connectivity index (χ0) is 18.1. The molecule has 1 aliphatic rings. The van der Waals surface area contributed by atoms with Crippen molar-refractivity contribution in [1.82, 2.24) is 4.57 Å². The maximum Gasteiger partial charge on any atom is 0.271 e. The van der Waals surface area contributed by atoms with Gasteiger partial charge in [0.25, 0.3) is 5.56 Å². The molecule has 3 aromatic rings. The number of anilines is 1. The normalized spacial score (nSPS) is 14.1. The summed E-state index contributed by atoms with van der Waals surface area (Å²) in [4.78, 5) is 20.1. The zero-order valence-corrected chi connectivity index (χ0v) is 15.6. The maximum absolute atomic E-state index is 12.8. The summed E-state index contributed by atoms with van der Waals surface area (Å²) in [6.45, 7) is 0.981. The van der Waals surface area contributed by atoms with E-state index in [0.717, 1.165) is 21.8 Å². The summed E-state index contributed by atoms with van der Waals surface area (Å²) in [6, 6.07) is 15.2. The Kier molecular flexibility index (Phi) is 4.53. The second-order valence-electron chi connectivity index (χ2n) is 5.83. The lowest BCUT2D eigenvalue weighted by Gasteiger charge is -2.25. The number of fused-ring (bicyclic) bond motifs is 1. The molecule has 0 atom stereocenters. The molecular formula is C19H16ClN3O2S. The van der Waals surface area contributed by atoms with Crippen LogP contribution >= 0.6 is 22.9 Å². The van der Waals surface area contributed by atoms with Crippen molar-refractivity contribution in [2.24, 2.45) is 4.99 Å². The van der Waals surface area contributed by atoms with Crippen LogP contribution in [0.15, 0.2) is 58.3 Å². The SMILES string of the molecule is COc1ccc(N2CN=c3s/c(=C/c4ccccc4Cl)c(=O)n3C2)cc1. The van der Waals surface area contributed by atoms with Crippen LogP contribution in [0.4, 0.5) is 5.69 Å². The fourth-order valence-corrected chi connectivity index (χ4v) is 3.95. The largest absolute Gasteiger partial charge is 0.497 e. The molecule has 26 heavy (non-hydrogen) atoms. The number of benzene rings is 2. The summed E-state index contributed by atoms with van der Waals surface area (Å²) in [7, 11) is 1.64. The zero-order valence-electron chi connectivity index (χ0n) is 14.1. The van der Waals surface area contributed by atoms with Crippen molar-refractivity contribution in [1.29, 1.82) is 0 Å². The highest BCUT2D eigenvalue weighted by Crippen LogP contribution is 2.20. The van der Waals surface area contributed by atoms with E-state index >= 15 is 0 Å². The highest BCUT2D eigenvalue weighted by molar-refractivity contribution is 7.07. The van der Waals surface area contributed by atoms with Crippen molar-refractivity contribution in [2.75, 3.05) is 18.7 Å². The van der Waals surface area contributed by atoms with Crippen LogP contribution in [-0.4, -0.2) is 18.3 Å². The van der Waals surface area contributed by atoms with E-state index in [2.05, 4.69) is 4.99 Å². The Morgan fingerprint density at radius 1 is 1.19 bits per heavy atom. The van der Waals surface area contributed by atoms with E-state index in [1.54, 1.807) is 11.7 Å². The van der Waals surface area contributed by atoms with Crippen molar-refractivity contribution in [2.45, 2.75) is 6.67 Å². The van der Waals surface area contributed by atoms with Crippen molar-refractivity contribution in [3.8, 4) is 5.75 Å². The summed E-state index contributed by atoms with van der Waals surface area (Å²) in [6.07, 6.45) is 1.83. The van der Waals surface area contributed by atoms with Gasteiger partial charge >= 0.3 is 0 Å². The van der Waals surface area contributed by atoms with Gasteiger partial charge in [-0.05, 0) is 42.0 Å². The molecule has 0 fully saturated rings. The average molecular weight is 386 g/mol. The summed E-state index contributed by atoms with van der Waals surface area (Å²) in [5, 5.41) is 0.625. The molecule has 0 unspecified atom stereocenters. The first-order valence-corrected chi connectivity index (χ1v) is 9.24. The molecule has 0 saturated heterocycles. The summed E-state index contributed by atoms with van der Waals surface area (Å²) >= 11 is 7.60. The van der Waals surface area contributed by atoms with E-state index in [-0.39, 0.29) is 5.56 Å². The van der Waals surface area contributed by atoms with Gasteiger partial charge in [-0.3, -0.25) is 9.36 Å². The van der Waals surface area contributed by atoms with Crippen LogP contribution in [0.5, 0.6) is 5.75 Å². The smallest absolute Gasteiger partial charge is 0.271 e. The van der Waals surface area contributed by atoms with Gasteiger partial charge in [-0.15, -0.1) is 0 Å². The van der Waals surface area contributed by atoms with Crippen LogP contribution in [0, 0.1) is 0 Å². The Morgan fingerprint density at radius 2 is 1.96 bits per heavy atom. The van der Waals surface area contributed by atoms with Gasteiger partial charge in [-0.2, -0.15) is 0 Å². The van der Waals surface area contributed by atoms with Gasteiger partial charge in [0.15, 0.2) is 4.80 Å². The molecule has 0 amide bonds. The van der Waals surface area contributed by atoms with Crippen molar-refractivity contribution < 1.29 is 4.74 Å². The Morgan fingerprint density at radius 3 is 2.69 bits per heavy atom. The molecule has 0 aliphatic carbocycles. The van der Waals surface area contributed by atoms with E-state index in [9.17, 15) is 4.79 Å². The van der Waals surface area contributed by atoms with Gasteiger partial charge in [0, 0.05) is 10.7 Å². The molecule has 0 radical (unpaired) electrons. The third-order valence-electron chi connectivity index (χ3n) is 4.21. The number of hydrogen-bond acceptors (Lipinski definition) is 5. The highest BCUT2D eigenvalue weighted by atomic mass is 35.5. The number of hydrogen-bond donors (Lipinski definition) is 0. The quantitative estimate of drug-likeness (QED) is 0.695. The number of aromatic nitrogens is 1. The summed E-state index contributed by atoms with van der Waals surface area (Å²) < 4.78 is 7.52. The van der Waals surface area contributed by atoms with Crippen molar-refractivity contribution in [3.63, 3.8) is 0 Å². The van der Waals surface area contributed by atoms with Crippen molar-refractivity contribution in [3.05, 3.63) is 78.8 Å². The molecule has 0 N–H and O–H groups in total. The number of rotatable bonds is 3. The first-order chi connectivity index (χ1) is 12.7. The number of nitrogens with zero attached hydrogens (tertiary/aromatic N) is 3. The van der Waals surface area contributed by atoms with Crippen LogP contribution in [0.2, 0.25) is 5.02 Å². The topological polar surface area (TPSA) is 46.8 Å². The monoisotopic (exact) mass is 385 g/mol. The lowest BCUT2D eigenvalue weighted by molar-refractivity contribution is 0.414. The molecule has 1 aliphatic heterocycles. The number of ether oxygens (including phenoxy) is 1. The Bertz CT molecular complexity index is 1120. The first-order valence-electron chi connectivity index (χ1n) is 8.05. The van der Waals surface area contributed by atoms with Crippen LogP contribution in [0.1, 0.15) is 5.56 Å². The van der Waals surface area contributed by atoms with Crippen LogP contribution in [0.25, 0.3) is 6.08 Å². The van der Waals surface area contributed by atoms with Gasteiger partial charge < -0.3 is 9.64 Å². The van der Waals surface area contributed by atoms with E-state index in [1.807, 2.05) is 59.5 Å². The molecule has 0 bridgehead atoms. The molecule has 1 aromatic heterocycles. The first kappa shape index (κ1) is 16.9. The molecule has 2 heterocycles. The number of methoxy groups -OCH3 is 1. The van der Waals surface area contributed by atoms with Gasteiger partial charge in [-0.25, -0.2) is 4.99 Å². The van der Waals surface area contributed by atoms with Crippen molar-refractivity contribution >= 4 is 34.7 Å². The van der Waals surface area contributed by atoms with Gasteiger partial charge in [0.2, 0.25) is 0 Å². The minimum Gasteiger partial charge on any atom is -0.497 e. The minimum atomic E-state index is -0.0492. The molecule has 0 spiro atoms. The van der Waals surface area contributed by atoms with Gasteiger partial charge in [-0.1, -0.05) is 41.1 Å². The average Bonchev–Trinajstić information content (AvgIpc) is 2.99. The number of thiazole rings is 1. The molecule has 2 aromatic carbocycles. The molecule has 132 valence electrons. The molecule has 4 rings (SSSR count). The molecular weight excluding hydrogens is 370 g/mol. The summed E-state index contributed by atoms with van der Waals surface area (Å²) in [5.74, 6) is 0.799. The standard InChI is InChI=1S/C19H16ClN3O2S/c1-25-15-8-6-14(7-9-15)22-11-21-19-23(12-22)18(24)17(26-19)10-13-4-2-3-5-16(13)20/h2-10H,11-12H2,1H3/b17-10+. The fourth-order valence-electron chi connectivity index (χ4n) is 2.80. The maximum atomic E-state index is 12.8. The van der Waals surface area contributed by atoms with Gasteiger partial charge in [0.1, 0.15) is 19.1 Å². The fraction of sp³-hybridized carbons (Fsp3) is 0.158. The lowest BCUT2D eigenvalue weighted by atomic mass is 10.2. The number of halogens is 1. The highest BCUT2D eigenvalue weighted by Gasteiger charge is 2.16. The molecule has 7 heteroatoms. The lowest BCUT2D eigenvalue weighted by Crippen LogP contribution is -2.42. The summed E-state index contributed by atoms with van der Waals surface area (Å²) in [5.41, 5.74) is 1.78. The predicted molar refractivity (Wildman–Crippen MR) is 105 cm³/mol. The van der Waals surface area contributed by atoms with Crippen LogP contribution in [-0.2, 0) is 6.67 Å². The Balaban J connectivity index is 1.69. The van der Waals surface area contributed by atoms with E-state index in [1.165, 1.54) is 11.3 Å². The van der Waals surface area contributed by atoms with Gasteiger partial charge in [0.05, 0.1) is 11.6 Å². The third-order valence-corrected chi connectivity index (χ3v) is 5.59. The Hall–Kier alpha value is -2.57. The predicted octanol–water partition coefficient (Wildman–Crippen LogP) is 2.46. The molecule has 0 saturated carbocycles. The molecule has 5 nitrogen and oxygen atoms in total. The second-order valence-corrected chi connectivity index (χ2v) is 7.24. The Labute approximate surface area is 159 Å². The third kappa shape index (κ3) is 3.13. The van der Waals surface area contributed by atoms with E-state index in [0.29, 0.717) is 22.9 Å². The van der Waals surface area contributed by atoms with E-state index in [4.69, 9.17) is 16.3 Å². The van der Waals surface area contributed by atoms with Crippen LogP contribution < -0.4 is 24.5 Å². The minimum absolute atomic E-state index is 0.0492. The second kappa shape index (κ2) is 6.97. The van der Waals surface area contributed by atoms with E-state index < -0.39 is 0 Å². The van der Waals surface area contributed by atoms with Crippen LogP contribution in [0.3, 0.4) is 0 Å².